The summed E-state index contributed by atoms with van der Waals surface area (Å²) in [5.41, 5.74) is 2.78. The Labute approximate surface area is 117 Å². The molecule has 0 unspecified atom stereocenters. The van der Waals surface area contributed by atoms with Gasteiger partial charge in [-0.2, -0.15) is 0 Å². The number of nitrogens with one attached hydrogen (secondary N) is 1. The summed E-state index contributed by atoms with van der Waals surface area (Å²) in [5, 5.41) is 4.06. The van der Waals surface area contributed by atoms with Crippen LogP contribution < -0.4 is 5.32 Å². The summed E-state index contributed by atoms with van der Waals surface area (Å²) in [4.78, 5) is 12.4. The van der Waals surface area contributed by atoms with Gasteiger partial charge in [0.25, 0.3) is 5.91 Å². The van der Waals surface area contributed by atoms with Crippen molar-refractivity contribution in [1.29, 1.82) is 0 Å². The Morgan fingerprint density at radius 1 is 1.05 bits per heavy atom. The van der Waals surface area contributed by atoms with Crippen LogP contribution >= 0.6 is 0 Å². The number of aromatic nitrogens is 1. The van der Waals surface area contributed by atoms with Gasteiger partial charge >= 0.3 is 0 Å². The third kappa shape index (κ3) is 2.30. The second-order valence-corrected chi connectivity index (χ2v) is 4.84. The van der Waals surface area contributed by atoms with E-state index in [1.54, 1.807) is 0 Å². The number of aryl methyl sites for hydroxylation is 1. The molecule has 3 heteroatoms. The molecule has 0 aliphatic carbocycles. The zero-order valence-corrected chi connectivity index (χ0v) is 11.3. The lowest BCUT2D eigenvalue weighted by Gasteiger charge is -2.08. The zero-order chi connectivity index (χ0) is 13.9. The molecule has 0 atom stereocenters. The van der Waals surface area contributed by atoms with E-state index in [1.165, 1.54) is 0 Å². The van der Waals surface area contributed by atoms with E-state index in [4.69, 9.17) is 0 Å². The second-order valence-electron chi connectivity index (χ2n) is 4.84. The summed E-state index contributed by atoms with van der Waals surface area (Å²) in [7, 11) is 1.95. The Balaban J connectivity index is 1.84. The normalized spacial score (nSPS) is 10.7. The molecular formula is C17H16N2O. The van der Waals surface area contributed by atoms with E-state index < -0.39 is 0 Å². The fourth-order valence-corrected chi connectivity index (χ4v) is 2.41. The highest BCUT2D eigenvalue weighted by Crippen LogP contribution is 2.19. The number of hydrogen-bond acceptors (Lipinski definition) is 1. The molecule has 0 bridgehead atoms. The van der Waals surface area contributed by atoms with E-state index in [0.717, 1.165) is 16.5 Å². The maximum absolute atomic E-state index is 12.4. The van der Waals surface area contributed by atoms with Crippen LogP contribution in [-0.2, 0) is 13.6 Å². The van der Waals surface area contributed by atoms with Crippen LogP contribution in [0.4, 0.5) is 0 Å². The highest BCUT2D eigenvalue weighted by atomic mass is 16.1. The molecule has 100 valence electrons. The van der Waals surface area contributed by atoms with Crippen LogP contribution in [0, 0.1) is 0 Å². The summed E-state index contributed by atoms with van der Waals surface area (Å²) < 4.78 is 1.98. The van der Waals surface area contributed by atoms with E-state index in [1.807, 2.05) is 72.4 Å². The molecule has 0 radical (unpaired) electrons. The van der Waals surface area contributed by atoms with E-state index >= 15 is 0 Å². The van der Waals surface area contributed by atoms with Gasteiger partial charge in [-0.15, -0.1) is 0 Å². The minimum absolute atomic E-state index is 0.0405. The largest absolute Gasteiger partial charge is 0.350 e. The number of benzene rings is 2. The molecule has 1 amide bonds. The molecule has 0 saturated heterocycles. The van der Waals surface area contributed by atoms with Crippen molar-refractivity contribution in [3.8, 4) is 0 Å². The monoisotopic (exact) mass is 264 g/mol. The number of carbonyl (C=O) groups excluding carboxylic acids is 1. The SMILES string of the molecule is Cn1ccc2cccc(C(=O)NCc3ccccc3)c21. The summed E-state index contributed by atoms with van der Waals surface area (Å²) >= 11 is 0. The second kappa shape index (κ2) is 5.21. The van der Waals surface area contributed by atoms with Gasteiger partial charge in [0.1, 0.15) is 0 Å². The first-order valence-electron chi connectivity index (χ1n) is 6.62. The highest BCUT2D eigenvalue weighted by Gasteiger charge is 2.11. The maximum atomic E-state index is 12.4. The lowest BCUT2D eigenvalue weighted by molar-refractivity contribution is 0.0952. The van der Waals surface area contributed by atoms with Crippen molar-refractivity contribution in [3.63, 3.8) is 0 Å². The predicted molar refractivity (Wildman–Crippen MR) is 80.5 cm³/mol. The molecule has 1 heterocycles. The van der Waals surface area contributed by atoms with E-state index in [9.17, 15) is 4.79 Å². The standard InChI is InChI=1S/C17H16N2O/c1-19-11-10-14-8-5-9-15(16(14)19)17(20)18-12-13-6-3-2-4-7-13/h2-11H,12H2,1H3,(H,18,20). The molecule has 0 saturated carbocycles. The molecule has 2 aromatic carbocycles. The van der Waals surface area contributed by atoms with Gasteiger partial charge in [0, 0.05) is 25.2 Å². The topological polar surface area (TPSA) is 34.0 Å². The first kappa shape index (κ1) is 12.5. The minimum atomic E-state index is -0.0405. The average Bonchev–Trinajstić information content (AvgIpc) is 2.87. The van der Waals surface area contributed by atoms with Crippen molar-refractivity contribution in [2.24, 2.45) is 7.05 Å². The maximum Gasteiger partial charge on any atom is 0.253 e. The van der Waals surface area contributed by atoms with E-state index in [0.29, 0.717) is 12.1 Å². The van der Waals surface area contributed by atoms with E-state index in [-0.39, 0.29) is 5.91 Å². The van der Waals surface area contributed by atoms with Crippen LogP contribution in [0.5, 0.6) is 0 Å². The molecule has 3 nitrogen and oxygen atoms in total. The fourth-order valence-electron chi connectivity index (χ4n) is 2.41. The Morgan fingerprint density at radius 3 is 2.65 bits per heavy atom. The summed E-state index contributed by atoms with van der Waals surface area (Å²) in [6.45, 7) is 0.542. The third-order valence-electron chi connectivity index (χ3n) is 3.44. The molecule has 1 N–H and O–H groups in total. The Morgan fingerprint density at radius 2 is 1.85 bits per heavy atom. The van der Waals surface area contributed by atoms with Crippen molar-refractivity contribution in [2.45, 2.75) is 6.54 Å². The van der Waals surface area contributed by atoms with Gasteiger partial charge in [-0.05, 0) is 17.7 Å². The van der Waals surface area contributed by atoms with Gasteiger partial charge < -0.3 is 9.88 Å². The zero-order valence-electron chi connectivity index (χ0n) is 11.3. The van der Waals surface area contributed by atoms with Crippen molar-refractivity contribution in [1.82, 2.24) is 9.88 Å². The van der Waals surface area contributed by atoms with Gasteiger partial charge in [0.2, 0.25) is 0 Å². The molecule has 1 aromatic heterocycles. The number of hydrogen-bond donors (Lipinski definition) is 1. The summed E-state index contributed by atoms with van der Waals surface area (Å²) in [6.07, 6.45) is 1.97. The number of nitrogens with zero attached hydrogens (tertiary/aromatic N) is 1. The molecule has 0 aliphatic rings. The highest BCUT2D eigenvalue weighted by molar-refractivity contribution is 6.05. The number of carbonyl (C=O) groups is 1. The molecule has 0 aliphatic heterocycles. The summed E-state index contributed by atoms with van der Waals surface area (Å²) in [5.74, 6) is -0.0405. The first-order valence-corrected chi connectivity index (χ1v) is 6.62. The van der Waals surface area contributed by atoms with Crippen LogP contribution in [0.25, 0.3) is 10.9 Å². The Kier molecular flexibility index (Phi) is 3.25. The van der Waals surface area contributed by atoms with E-state index in [2.05, 4.69) is 5.32 Å². The molecule has 0 spiro atoms. The van der Waals surface area contributed by atoms with Gasteiger partial charge in [-0.25, -0.2) is 0 Å². The quantitative estimate of drug-likeness (QED) is 0.775. The Hall–Kier alpha value is -2.55. The smallest absolute Gasteiger partial charge is 0.253 e. The van der Waals surface area contributed by atoms with Crippen LogP contribution in [0.3, 0.4) is 0 Å². The lowest BCUT2D eigenvalue weighted by Crippen LogP contribution is -2.23. The fraction of sp³-hybridized carbons (Fsp3) is 0.118. The minimum Gasteiger partial charge on any atom is -0.350 e. The van der Waals surface area contributed by atoms with Crippen LogP contribution in [0.15, 0.2) is 60.8 Å². The number of amides is 1. The lowest BCUT2D eigenvalue weighted by atomic mass is 10.1. The molecule has 0 fully saturated rings. The summed E-state index contributed by atoms with van der Waals surface area (Å²) in [6, 6.07) is 17.7. The van der Waals surface area contributed by atoms with Gasteiger partial charge in [0.15, 0.2) is 0 Å². The van der Waals surface area contributed by atoms with Gasteiger partial charge in [-0.1, -0.05) is 42.5 Å². The van der Waals surface area contributed by atoms with Gasteiger partial charge in [0.05, 0.1) is 11.1 Å². The van der Waals surface area contributed by atoms with Crippen LogP contribution in [-0.4, -0.2) is 10.5 Å². The molecule has 20 heavy (non-hydrogen) atoms. The third-order valence-corrected chi connectivity index (χ3v) is 3.44. The Bertz CT molecular complexity index is 744. The molecule has 3 rings (SSSR count). The molecule has 3 aromatic rings. The van der Waals surface area contributed by atoms with Crippen LogP contribution in [0.1, 0.15) is 15.9 Å². The van der Waals surface area contributed by atoms with Gasteiger partial charge in [-0.3, -0.25) is 4.79 Å². The average molecular weight is 264 g/mol. The van der Waals surface area contributed by atoms with Crippen LogP contribution in [0.2, 0.25) is 0 Å². The number of para-hydroxylation sites is 1. The predicted octanol–water partition coefficient (Wildman–Crippen LogP) is 3.11. The van der Waals surface area contributed by atoms with Crippen molar-refractivity contribution in [2.75, 3.05) is 0 Å². The first-order chi connectivity index (χ1) is 9.75. The number of rotatable bonds is 3. The van der Waals surface area contributed by atoms with Crippen molar-refractivity contribution >= 4 is 16.8 Å². The number of fused-ring (bicyclic) bond motifs is 1. The molecular weight excluding hydrogens is 248 g/mol. The van der Waals surface area contributed by atoms with Crippen molar-refractivity contribution in [3.05, 3.63) is 71.9 Å². The van der Waals surface area contributed by atoms with Crippen molar-refractivity contribution < 1.29 is 4.79 Å².